The van der Waals surface area contributed by atoms with Crippen LogP contribution in [0.5, 0.6) is 0 Å². The Labute approximate surface area is 222 Å². The van der Waals surface area contributed by atoms with Crippen LogP contribution in [-0.4, -0.2) is 42.0 Å². The Hall–Kier alpha value is -2.99. The maximum Gasteiger partial charge on any atom is 0.435 e. The zero-order valence-electron chi connectivity index (χ0n) is 19.5. The second-order valence-electron chi connectivity index (χ2n) is 9.13. The molecule has 204 valence electrons. The minimum Gasteiger partial charge on any atom is -0.374 e. The highest BCUT2D eigenvalue weighted by molar-refractivity contribution is 6.34. The SMILES string of the molecule is Cc1cc(C2=NOC(c3cc(Cl)cc(Cl)c3)(C(F)(F)F)C2)ccc1C(=O)NCC(=O)NC1(C(F)(F)F)CC1. The Bertz CT molecular complexity index is 1300. The molecule has 0 radical (unpaired) electrons. The first-order chi connectivity index (χ1) is 17.6. The number of carbonyl (C=O) groups excluding carboxylic acids is 2. The normalized spacial score (nSPS) is 20.4. The fraction of sp³-hybridized carbons (Fsp3) is 0.375. The number of nitrogens with zero attached hydrogens (tertiary/aromatic N) is 1. The van der Waals surface area contributed by atoms with E-state index in [1.807, 2.05) is 5.32 Å². The van der Waals surface area contributed by atoms with Gasteiger partial charge < -0.3 is 15.5 Å². The summed E-state index contributed by atoms with van der Waals surface area (Å²) >= 11 is 11.8. The Morgan fingerprint density at radius 2 is 1.63 bits per heavy atom. The Morgan fingerprint density at radius 1 is 1.00 bits per heavy atom. The van der Waals surface area contributed by atoms with E-state index in [-0.39, 0.29) is 45.3 Å². The van der Waals surface area contributed by atoms with Gasteiger partial charge in [-0.1, -0.05) is 34.4 Å². The van der Waals surface area contributed by atoms with E-state index in [9.17, 15) is 35.9 Å². The van der Waals surface area contributed by atoms with E-state index >= 15 is 0 Å². The van der Waals surface area contributed by atoms with Crippen molar-refractivity contribution in [2.24, 2.45) is 5.16 Å². The van der Waals surface area contributed by atoms with Gasteiger partial charge in [-0.3, -0.25) is 9.59 Å². The summed E-state index contributed by atoms with van der Waals surface area (Å²) in [6.07, 6.45) is -10.6. The van der Waals surface area contributed by atoms with Crippen molar-refractivity contribution in [3.8, 4) is 0 Å². The molecule has 1 aliphatic carbocycles. The van der Waals surface area contributed by atoms with Crippen molar-refractivity contribution in [3.63, 3.8) is 0 Å². The molecule has 1 heterocycles. The molecule has 4 rings (SSSR count). The summed E-state index contributed by atoms with van der Waals surface area (Å²) in [5, 5.41) is 7.78. The molecule has 0 bridgehead atoms. The quantitative estimate of drug-likeness (QED) is 0.422. The van der Waals surface area contributed by atoms with Crippen molar-refractivity contribution in [2.75, 3.05) is 6.54 Å². The number of amides is 2. The fourth-order valence-corrected chi connectivity index (χ4v) is 4.64. The molecule has 2 aromatic rings. The van der Waals surface area contributed by atoms with Crippen LogP contribution >= 0.6 is 23.2 Å². The first-order valence-corrected chi connectivity index (χ1v) is 11.9. The van der Waals surface area contributed by atoms with E-state index in [4.69, 9.17) is 28.0 Å². The highest BCUT2D eigenvalue weighted by atomic mass is 35.5. The number of hydrogen-bond donors (Lipinski definition) is 2. The van der Waals surface area contributed by atoms with Crippen LogP contribution < -0.4 is 10.6 Å². The van der Waals surface area contributed by atoms with Crippen molar-refractivity contribution in [1.82, 2.24) is 10.6 Å². The molecule has 0 spiro atoms. The van der Waals surface area contributed by atoms with Gasteiger partial charge in [0, 0.05) is 27.6 Å². The van der Waals surface area contributed by atoms with E-state index in [0.717, 1.165) is 12.1 Å². The van der Waals surface area contributed by atoms with Gasteiger partial charge in [0.15, 0.2) is 0 Å². The zero-order valence-corrected chi connectivity index (χ0v) is 21.0. The monoisotopic (exact) mass is 581 g/mol. The highest BCUT2D eigenvalue weighted by Gasteiger charge is 2.64. The molecular weight excluding hydrogens is 563 g/mol. The van der Waals surface area contributed by atoms with Crippen molar-refractivity contribution >= 4 is 40.7 Å². The van der Waals surface area contributed by atoms with Gasteiger partial charge in [0.1, 0.15) is 5.54 Å². The van der Waals surface area contributed by atoms with E-state index < -0.39 is 48.3 Å². The molecule has 2 N–H and O–H groups in total. The largest absolute Gasteiger partial charge is 0.435 e. The van der Waals surface area contributed by atoms with Crippen molar-refractivity contribution in [2.45, 2.75) is 49.7 Å². The fourth-order valence-electron chi connectivity index (χ4n) is 4.11. The second-order valence-corrected chi connectivity index (χ2v) is 10.0. The highest BCUT2D eigenvalue weighted by Crippen LogP contribution is 2.50. The molecule has 1 aliphatic heterocycles. The number of aryl methyl sites for hydroxylation is 1. The maximum atomic E-state index is 14.2. The first kappa shape index (κ1) is 28.0. The topological polar surface area (TPSA) is 79.8 Å². The lowest BCUT2D eigenvalue weighted by atomic mass is 9.86. The van der Waals surface area contributed by atoms with Crippen LogP contribution in [0.4, 0.5) is 26.3 Å². The summed E-state index contributed by atoms with van der Waals surface area (Å²) < 4.78 is 81.5. The van der Waals surface area contributed by atoms with Crippen LogP contribution in [-0.2, 0) is 15.2 Å². The summed E-state index contributed by atoms with van der Waals surface area (Å²) in [5.41, 5.74) is -4.81. The summed E-state index contributed by atoms with van der Waals surface area (Å²) in [7, 11) is 0. The average Bonchev–Trinajstić information content (AvgIpc) is 3.43. The van der Waals surface area contributed by atoms with Gasteiger partial charge in [-0.25, -0.2) is 0 Å². The Morgan fingerprint density at radius 3 is 2.16 bits per heavy atom. The molecule has 1 unspecified atom stereocenters. The summed E-state index contributed by atoms with van der Waals surface area (Å²) in [6.45, 7) is 0.820. The van der Waals surface area contributed by atoms with Gasteiger partial charge in [0.2, 0.25) is 5.91 Å². The first-order valence-electron chi connectivity index (χ1n) is 11.1. The van der Waals surface area contributed by atoms with E-state index in [1.54, 1.807) is 0 Å². The van der Waals surface area contributed by atoms with E-state index in [0.29, 0.717) is 5.56 Å². The molecule has 38 heavy (non-hydrogen) atoms. The summed E-state index contributed by atoms with van der Waals surface area (Å²) in [6, 6.07) is 7.54. The number of halogens is 8. The minimum atomic E-state index is -4.88. The number of benzene rings is 2. The molecule has 0 saturated heterocycles. The summed E-state index contributed by atoms with van der Waals surface area (Å²) in [4.78, 5) is 29.4. The molecule has 2 aliphatic rings. The average molecular weight is 582 g/mol. The van der Waals surface area contributed by atoms with Gasteiger partial charge in [-0.2, -0.15) is 26.3 Å². The van der Waals surface area contributed by atoms with Crippen LogP contribution in [0.1, 0.15) is 46.3 Å². The minimum absolute atomic E-state index is 0.0150. The van der Waals surface area contributed by atoms with Gasteiger partial charge >= 0.3 is 12.4 Å². The van der Waals surface area contributed by atoms with Gasteiger partial charge in [-0.05, 0) is 61.2 Å². The molecule has 1 saturated carbocycles. The predicted molar refractivity (Wildman–Crippen MR) is 126 cm³/mol. The van der Waals surface area contributed by atoms with Crippen molar-refractivity contribution in [1.29, 1.82) is 0 Å². The lowest BCUT2D eigenvalue weighted by molar-refractivity contribution is -0.275. The molecule has 2 aromatic carbocycles. The number of alkyl halides is 6. The van der Waals surface area contributed by atoms with Crippen LogP contribution in [0.15, 0.2) is 41.6 Å². The number of carbonyl (C=O) groups is 2. The number of rotatable bonds is 6. The molecule has 6 nitrogen and oxygen atoms in total. The number of hydrogen-bond acceptors (Lipinski definition) is 4. The van der Waals surface area contributed by atoms with Crippen LogP contribution in [0.3, 0.4) is 0 Å². The van der Waals surface area contributed by atoms with E-state index in [1.165, 1.54) is 31.2 Å². The lowest BCUT2D eigenvalue weighted by Crippen LogP contribution is -2.50. The maximum absolute atomic E-state index is 14.2. The van der Waals surface area contributed by atoms with Gasteiger partial charge in [-0.15, -0.1) is 0 Å². The smallest absolute Gasteiger partial charge is 0.374 e. The molecule has 1 atom stereocenters. The van der Waals surface area contributed by atoms with Crippen LogP contribution in [0.2, 0.25) is 10.0 Å². The number of nitrogens with one attached hydrogen (secondary N) is 2. The number of oxime groups is 1. The molecular formula is C24H19Cl2F6N3O3. The third-order valence-corrected chi connectivity index (χ3v) is 6.84. The third kappa shape index (κ3) is 5.28. The van der Waals surface area contributed by atoms with Crippen molar-refractivity contribution < 1.29 is 40.8 Å². The lowest BCUT2D eigenvalue weighted by Gasteiger charge is -2.29. The van der Waals surface area contributed by atoms with Crippen LogP contribution in [0.25, 0.3) is 0 Å². The summed E-state index contributed by atoms with van der Waals surface area (Å²) in [5.74, 6) is -1.74. The van der Waals surface area contributed by atoms with Gasteiger partial charge in [0.25, 0.3) is 11.5 Å². The molecule has 14 heteroatoms. The second kappa shape index (κ2) is 9.64. The van der Waals surface area contributed by atoms with Crippen molar-refractivity contribution in [3.05, 3.63) is 68.7 Å². The Balaban J connectivity index is 1.46. The third-order valence-electron chi connectivity index (χ3n) is 6.40. The van der Waals surface area contributed by atoms with E-state index in [2.05, 4.69) is 10.5 Å². The van der Waals surface area contributed by atoms with Gasteiger partial charge in [0.05, 0.1) is 12.3 Å². The zero-order chi connectivity index (χ0) is 28.1. The molecule has 2 amide bonds. The van der Waals surface area contributed by atoms with Crippen LogP contribution in [0, 0.1) is 6.92 Å². The molecule has 1 fully saturated rings. The standard InChI is InChI=1S/C24H19Cl2F6N3O3/c1-12-6-13(2-3-17(12)20(37)33-11-19(36)34-21(4-5-21)23(27,28)29)18-10-22(38-35-18,24(30,31)32)14-7-15(25)9-16(26)8-14/h2-3,6-9H,4-5,10-11H2,1H3,(H,33,37)(H,34,36). The molecule has 0 aromatic heterocycles. The Kier molecular flexibility index (Phi) is 7.11. The predicted octanol–water partition coefficient (Wildman–Crippen LogP) is 5.82.